The van der Waals surface area contributed by atoms with Gasteiger partial charge in [-0.15, -0.1) is 0 Å². The molecule has 1 N–H and O–H groups in total. The largest absolute Gasteiger partial charge is 0.497 e. The predicted molar refractivity (Wildman–Crippen MR) is 109 cm³/mol. The Morgan fingerprint density at radius 2 is 2.03 bits per heavy atom. The van der Waals surface area contributed by atoms with Gasteiger partial charge in [-0.3, -0.25) is 14.5 Å². The van der Waals surface area contributed by atoms with Gasteiger partial charge in [0, 0.05) is 11.8 Å². The van der Waals surface area contributed by atoms with E-state index >= 15 is 0 Å². The lowest BCUT2D eigenvalue weighted by atomic mass is 10.1. The molecule has 0 radical (unpaired) electrons. The van der Waals surface area contributed by atoms with Crippen LogP contribution in [0.15, 0.2) is 54.9 Å². The number of carbonyl (C=O) groups is 1. The minimum atomic E-state index is -3.10. The van der Waals surface area contributed by atoms with E-state index in [9.17, 15) is 13.2 Å². The lowest BCUT2D eigenvalue weighted by molar-refractivity contribution is 0.102. The molecule has 1 fully saturated rings. The van der Waals surface area contributed by atoms with Crippen molar-refractivity contribution >= 4 is 21.4 Å². The first-order valence-electron chi connectivity index (χ1n) is 9.11. The van der Waals surface area contributed by atoms with Crippen molar-refractivity contribution in [2.75, 3.05) is 23.9 Å². The van der Waals surface area contributed by atoms with E-state index in [1.165, 1.54) is 0 Å². The summed E-state index contributed by atoms with van der Waals surface area (Å²) in [5.41, 5.74) is 2.28. The van der Waals surface area contributed by atoms with Crippen molar-refractivity contribution in [2.45, 2.75) is 12.5 Å². The highest BCUT2D eigenvalue weighted by Crippen LogP contribution is 2.31. The number of rotatable bonds is 5. The number of hydrogen-bond acceptors (Lipinski definition) is 6. The van der Waals surface area contributed by atoms with Gasteiger partial charge < -0.3 is 10.1 Å². The average molecular weight is 412 g/mol. The lowest BCUT2D eigenvalue weighted by Crippen LogP contribution is -2.16. The molecule has 0 saturated carbocycles. The maximum atomic E-state index is 12.7. The summed E-state index contributed by atoms with van der Waals surface area (Å²) >= 11 is 0. The zero-order chi connectivity index (χ0) is 20.4. The molecule has 1 atom stereocenters. The maximum Gasteiger partial charge on any atom is 0.276 e. The molecule has 1 aromatic carbocycles. The average Bonchev–Trinajstić information content (AvgIpc) is 3.32. The molecule has 8 nitrogen and oxygen atoms in total. The number of sulfone groups is 1. The van der Waals surface area contributed by atoms with Crippen LogP contribution in [0.1, 0.15) is 23.0 Å². The number of methoxy groups -OCH3 is 1. The first-order valence-corrected chi connectivity index (χ1v) is 10.9. The molecule has 29 heavy (non-hydrogen) atoms. The van der Waals surface area contributed by atoms with Crippen LogP contribution in [0.4, 0.5) is 5.69 Å². The summed E-state index contributed by atoms with van der Waals surface area (Å²) in [6, 6.07) is 12.2. The van der Waals surface area contributed by atoms with Gasteiger partial charge in [0.1, 0.15) is 5.75 Å². The number of anilines is 1. The monoisotopic (exact) mass is 412 g/mol. The van der Waals surface area contributed by atoms with Gasteiger partial charge >= 0.3 is 0 Å². The predicted octanol–water partition coefficient (Wildman–Crippen LogP) is 2.57. The molecular formula is C20H20N4O4S. The Hall–Kier alpha value is -3.20. The van der Waals surface area contributed by atoms with E-state index in [0.717, 1.165) is 5.56 Å². The molecule has 4 rings (SSSR count). The van der Waals surface area contributed by atoms with Crippen molar-refractivity contribution < 1.29 is 17.9 Å². The van der Waals surface area contributed by atoms with Crippen LogP contribution in [-0.4, -0.2) is 47.7 Å². The number of hydrogen-bond donors (Lipinski definition) is 1. The Kier molecular flexibility index (Phi) is 5.06. The third-order valence-corrected chi connectivity index (χ3v) is 6.58. The molecule has 3 heterocycles. The van der Waals surface area contributed by atoms with Crippen molar-refractivity contribution in [1.29, 1.82) is 0 Å². The molecule has 3 aromatic rings. The molecule has 1 aliphatic heterocycles. The van der Waals surface area contributed by atoms with Crippen LogP contribution in [0.2, 0.25) is 0 Å². The Balaban J connectivity index is 1.70. The first-order chi connectivity index (χ1) is 13.9. The van der Waals surface area contributed by atoms with E-state index in [0.29, 0.717) is 23.6 Å². The van der Waals surface area contributed by atoms with Crippen LogP contribution in [0.25, 0.3) is 11.3 Å². The van der Waals surface area contributed by atoms with Crippen LogP contribution in [-0.2, 0) is 9.84 Å². The van der Waals surface area contributed by atoms with Crippen molar-refractivity contribution in [2.24, 2.45) is 0 Å². The Morgan fingerprint density at radius 3 is 2.66 bits per heavy atom. The third-order valence-electron chi connectivity index (χ3n) is 4.83. The summed E-state index contributed by atoms with van der Waals surface area (Å²) in [7, 11) is -1.52. The number of aromatic nitrogens is 3. The number of benzene rings is 1. The van der Waals surface area contributed by atoms with Crippen molar-refractivity contribution in [3.8, 4) is 17.0 Å². The second kappa shape index (κ2) is 7.67. The number of carbonyl (C=O) groups excluding carboxylic acids is 1. The zero-order valence-electron chi connectivity index (χ0n) is 15.8. The normalized spacial score (nSPS) is 17.8. The van der Waals surface area contributed by atoms with Gasteiger partial charge in [0.15, 0.2) is 15.5 Å². The highest BCUT2D eigenvalue weighted by molar-refractivity contribution is 7.91. The fourth-order valence-electron chi connectivity index (χ4n) is 3.36. The summed E-state index contributed by atoms with van der Waals surface area (Å²) in [4.78, 5) is 16.7. The molecule has 1 aliphatic rings. The van der Waals surface area contributed by atoms with Gasteiger partial charge in [0.05, 0.1) is 42.2 Å². The van der Waals surface area contributed by atoms with E-state index in [-0.39, 0.29) is 29.1 Å². The second-order valence-electron chi connectivity index (χ2n) is 6.84. The highest BCUT2D eigenvalue weighted by atomic mass is 32.2. The standard InChI is InChI=1S/C20H20N4O4S/c1-28-17-6-4-14(5-7-17)19-11-18(20(25)22-15-3-2-9-21-12-15)23-24(19)16-8-10-29(26,27)13-16/h2-7,9,11-12,16H,8,10,13H2,1H3,(H,22,25)/t16-/m0/s1. The van der Waals surface area contributed by atoms with Crippen LogP contribution in [0.5, 0.6) is 5.75 Å². The molecule has 0 unspecified atom stereocenters. The van der Waals surface area contributed by atoms with E-state index in [2.05, 4.69) is 15.4 Å². The first kappa shape index (κ1) is 19.1. The Labute approximate surface area is 168 Å². The van der Waals surface area contributed by atoms with E-state index < -0.39 is 9.84 Å². The fourth-order valence-corrected chi connectivity index (χ4v) is 5.05. The maximum absolute atomic E-state index is 12.7. The number of amides is 1. The topological polar surface area (TPSA) is 103 Å². The molecule has 150 valence electrons. The van der Waals surface area contributed by atoms with Gasteiger partial charge in [-0.2, -0.15) is 5.10 Å². The molecule has 9 heteroatoms. The molecular weight excluding hydrogens is 392 g/mol. The van der Waals surface area contributed by atoms with Gasteiger partial charge in [-0.25, -0.2) is 8.42 Å². The van der Waals surface area contributed by atoms with Crippen molar-refractivity contribution in [3.63, 3.8) is 0 Å². The number of nitrogens with one attached hydrogen (secondary N) is 1. The summed E-state index contributed by atoms with van der Waals surface area (Å²) in [5, 5.41) is 7.22. The van der Waals surface area contributed by atoms with E-state index in [1.54, 1.807) is 42.4 Å². The van der Waals surface area contributed by atoms with Gasteiger partial charge in [-0.05, 0) is 48.9 Å². The zero-order valence-corrected chi connectivity index (χ0v) is 16.6. The van der Waals surface area contributed by atoms with Gasteiger partial charge in [0.25, 0.3) is 5.91 Å². The Bertz CT molecular complexity index is 1130. The number of pyridine rings is 1. The van der Waals surface area contributed by atoms with E-state index in [1.807, 2.05) is 24.3 Å². The van der Waals surface area contributed by atoms with Crippen LogP contribution in [0, 0.1) is 0 Å². The van der Waals surface area contributed by atoms with Crippen molar-refractivity contribution in [3.05, 3.63) is 60.6 Å². The molecule has 0 bridgehead atoms. The lowest BCUT2D eigenvalue weighted by Gasteiger charge is -2.13. The molecule has 0 aliphatic carbocycles. The van der Waals surface area contributed by atoms with Crippen molar-refractivity contribution in [1.82, 2.24) is 14.8 Å². The minimum Gasteiger partial charge on any atom is -0.497 e. The summed E-state index contributed by atoms with van der Waals surface area (Å²) < 4.78 is 30.8. The molecule has 2 aromatic heterocycles. The fraction of sp³-hybridized carbons (Fsp3) is 0.250. The van der Waals surface area contributed by atoms with Crippen LogP contribution in [0.3, 0.4) is 0 Å². The highest BCUT2D eigenvalue weighted by Gasteiger charge is 2.32. The molecule has 1 saturated heterocycles. The summed E-state index contributed by atoms with van der Waals surface area (Å²) in [6.45, 7) is 0. The summed E-state index contributed by atoms with van der Waals surface area (Å²) in [6.07, 6.45) is 3.63. The Morgan fingerprint density at radius 1 is 1.24 bits per heavy atom. The smallest absolute Gasteiger partial charge is 0.276 e. The molecule has 1 amide bonds. The van der Waals surface area contributed by atoms with Crippen LogP contribution < -0.4 is 10.1 Å². The third kappa shape index (κ3) is 4.14. The number of nitrogens with zero attached hydrogens (tertiary/aromatic N) is 3. The second-order valence-corrected chi connectivity index (χ2v) is 9.07. The minimum absolute atomic E-state index is 0.0154. The van der Waals surface area contributed by atoms with Gasteiger partial charge in [-0.1, -0.05) is 0 Å². The van der Waals surface area contributed by atoms with E-state index in [4.69, 9.17) is 4.74 Å². The van der Waals surface area contributed by atoms with Crippen LogP contribution >= 0.6 is 0 Å². The number of ether oxygens (including phenoxy) is 1. The van der Waals surface area contributed by atoms with Gasteiger partial charge in [0.2, 0.25) is 0 Å². The summed E-state index contributed by atoms with van der Waals surface area (Å²) in [5.74, 6) is 0.461. The SMILES string of the molecule is COc1ccc(-c2cc(C(=O)Nc3cccnc3)nn2[C@H]2CCS(=O)(=O)C2)cc1. The quantitative estimate of drug-likeness (QED) is 0.691. The molecule has 0 spiro atoms.